The van der Waals surface area contributed by atoms with E-state index < -0.39 is 5.60 Å². The number of carbonyl (C=O) groups excluding carboxylic acids is 1. The predicted octanol–water partition coefficient (Wildman–Crippen LogP) is 2.68. The first-order chi connectivity index (χ1) is 8.45. The third-order valence-corrected chi connectivity index (χ3v) is 5.05. The molecule has 0 radical (unpaired) electrons. The summed E-state index contributed by atoms with van der Waals surface area (Å²) in [5.41, 5.74) is -0.726. The normalized spacial score (nSPS) is 39.5. The quantitative estimate of drug-likeness (QED) is 0.607. The van der Waals surface area contributed by atoms with Gasteiger partial charge in [0.15, 0.2) is 0 Å². The van der Waals surface area contributed by atoms with E-state index in [9.17, 15) is 9.90 Å². The van der Waals surface area contributed by atoms with Gasteiger partial charge in [0.1, 0.15) is 0 Å². The fourth-order valence-electron chi connectivity index (χ4n) is 3.81. The summed E-state index contributed by atoms with van der Waals surface area (Å²) in [6.45, 7) is 4.18. The lowest BCUT2D eigenvalue weighted by Crippen LogP contribution is -2.48. The average Bonchev–Trinajstić information content (AvgIpc) is 2.68. The summed E-state index contributed by atoms with van der Waals surface area (Å²) in [6.07, 6.45) is 8.71. The summed E-state index contributed by atoms with van der Waals surface area (Å²) >= 11 is 0. The molecule has 0 saturated heterocycles. The minimum absolute atomic E-state index is 0.119. The van der Waals surface area contributed by atoms with Crippen LogP contribution in [0.25, 0.3) is 0 Å². The van der Waals surface area contributed by atoms with Crippen LogP contribution in [-0.4, -0.2) is 23.8 Å². The Kier molecular flexibility index (Phi) is 3.54. The molecule has 1 N–H and O–H groups in total. The van der Waals surface area contributed by atoms with Gasteiger partial charge in [0, 0.05) is 5.41 Å². The van der Waals surface area contributed by atoms with Crippen LogP contribution in [0.2, 0.25) is 0 Å². The van der Waals surface area contributed by atoms with Crippen molar-refractivity contribution >= 4 is 5.97 Å². The summed E-state index contributed by atoms with van der Waals surface area (Å²) < 4.78 is 4.79. The van der Waals surface area contributed by atoms with Gasteiger partial charge in [-0.25, -0.2) is 0 Å². The van der Waals surface area contributed by atoms with E-state index in [4.69, 9.17) is 4.74 Å². The molecule has 102 valence electrons. The lowest BCUT2D eigenvalue weighted by Gasteiger charge is -2.45. The van der Waals surface area contributed by atoms with Gasteiger partial charge in [-0.1, -0.05) is 26.0 Å². The maximum Gasteiger partial charge on any atom is 0.312 e. The van der Waals surface area contributed by atoms with Crippen LogP contribution in [0.5, 0.6) is 0 Å². The first-order valence-corrected chi connectivity index (χ1v) is 6.95. The zero-order valence-electron chi connectivity index (χ0n) is 11.6. The molecule has 0 amide bonds. The van der Waals surface area contributed by atoms with Gasteiger partial charge in [0.2, 0.25) is 0 Å². The number of esters is 1. The van der Waals surface area contributed by atoms with Crippen molar-refractivity contribution in [3.05, 3.63) is 12.2 Å². The van der Waals surface area contributed by atoms with Gasteiger partial charge in [-0.15, -0.1) is 0 Å². The van der Waals surface area contributed by atoms with E-state index in [-0.39, 0.29) is 23.2 Å². The van der Waals surface area contributed by atoms with Gasteiger partial charge >= 0.3 is 5.97 Å². The molecule has 0 unspecified atom stereocenters. The van der Waals surface area contributed by atoms with Crippen molar-refractivity contribution in [3.63, 3.8) is 0 Å². The molecule has 18 heavy (non-hydrogen) atoms. The smallest absolute Gasteiger partial charge is 0.312 e. The molecule has 0 aromatic rings. The van der Waals surface area contributed by atoms with Crippen LogP contribution in [-0.2, 0) is 9.53 Å². The van der Waals surface area contributed by atoms with Crippen LogP contribution in [0.4, 0.5) is 0 Å². The topological polar surface area (TPSA) is 46.5 Å². The van der Waals surface area contributed by atoms with Gasteiger partial charge in [-0.05, 0) is 38.0 Å². The van der Waals surface area contributed by atoms with Crippen molar-refractivity contribution in [2.45, 2.75) is 51.6 Å². The van der Waals surface area contributed by atoms with Crippen LogP contribution < -0.4 is 0 Å². The Morgan fingerprint density at radius 3 is 2.61 bits per heavy atom. The van der Waals surface area contributed by atoms with Crippen LogP contribution in [0.15, 0.2) is 12.2 Å². The van der Waals surface area contributed by atoms with Gasteiger partial charge in [-0.2, -0.15) is 0 Å². The van der Waals surface area contributed by atoms with Gasteiger partial charge in [0.05, 0.1) is 18.6 Å². The van der Waals surface area contributed by atoms with Gasteiger partial charge < -0.3 is 9.84 Å². The third kappa shape index (κ3) is 1.89. The first kappa shape index (κ1) is 13.6. The molecule has 0 aromatic carbocycles. The minimum atomic E-state index is -0.607. The highest BCUT2D eigenvalue weighted by molar-refractivity contribution is 5.74. The summed E-state index contributed by atoms with van der Waals surface area (Å²) in [5.74, 6) is -0.0378. The van der Waals surface area contributed by atoms with Gasteiger partial charge in [-0.3, -0.25) is 4.79 Å². The summed E-state index contributed by atoms with van der Waals surface area (Å²) in [6, 6.07) is 0. The molecule has 2 aliphatic carbocycles. The number of methoxy groups -OCH3 is 1. The molecule has 1 saturated carbocycles. The Morgan fingerprint density at radius 1 is 1.39 bits per heavy atom. The van der Waals surface area contributed by atoms with E-state index in [1.807, 2.05) is 6.08 Å². The Hall–Kier alpha value is -0.830. The molecule has 0 aliphatic heterocycles. The summed E-state index contributed by atoms with van der Waals surface area (Å²) in [7, 11) is 1.43. The highest BCUT2D eigenvalue weighted by Gasteiger charge is 2.54. The second-order valence-corrected chi connectivity index (χ2v) is 6.12. The number of hydrogen-bond acceptors (Lipinski definition) is 3. The summed E-state index contributed by atoms with van der Waals surface area (Å²) in [5, 5.41) is 11.0. The fourth-order valence-corrected chi connectivity index (χ4v) is 3.81. The predicted molar refractivity (Wildman–Crippen MR) is 70.0 cm³/mol. The largest absolute Gasteiger partial charge is 0.469 e. The molecule has 3 atom stereocenters. The number of ether oxygens (including phenoxy) is 1. The molecule has 0 heterocycles. The average molecular weight is 252 g/mol. The molecule has 1 spiro atoms. The lowest BCUT2D eigenvalue weighted by molar-refractivity contribution is -0.145. The molecular weight excluding hydrogens is 228 g/mol. The minimum Gasteiger partial charge on any atom is -0.469 e. The maximum absolute atomic E-state index is 11.5. The van der Waals surface area contributed by atoms with Crippen molar-refractivity contribution in [3.8, 4) is 0 Å². The zero-order chi connectivity index (χ0) is 13.4. The standard InChI is InChI=1S/C15H24O3/c1-11(2)15(17)8-4-7-14(15)9-5-12(6-10-14)13(16)18-3/h5,9,11-12,17H,4,6-8,10H2,1-3H3/t12-,14+,15+/m1/s1. The Balaban J connectivity index is 2.22. The van der Waals surface area contributed by atoms with Crippen molar-refractivity contribution in [1.29, 1.82) is 0 Å². The maximum atomic E-state index is 11.5. The van der Waals surface area contributed by atoms with E-state index in [1.54, 1.807) is 0 Å². The number of aliphatic hydroxyl groups is 1. The first-order valence-electron chi connectivity index (χ1n) is 6.95. The van der Waals surface area contributed by atoms with Crippen molar-refractivity contribution in [2.24, 2.45) is 17.3 Å². The van der Waals surface area contributed by atoms with Crippen LogP contribution in [0.1, 0.15) is 46.0 Å². The van der Waals surface area contributed by atoms with E-state index in [0.29, 0.717) is 0 Å². The second-order valence-electron chi connectivity index (χ2n) is 6.12. The van der Waals surface area contributed by atoms with Crippen LogP contribution in [0, 0.1) is 17.3 Å². The molecule has 3 heteroatoms. The van der Waals surface area contributed by atoms with E-state index >= 15 is 0 Å². The van der Waals surface area contributed by atoms with Crippen molar-refractivity contribution in [2.75, 3.05) is 7.11 Å². The van der Waals surface area contributed by atoms with Gasteiger partial charge in [0.25, 0.3) is 0 Å². The van der Waals surface area contributed by atoms with E-state index in [1.165, 1.54) is 7.11 Å². The molecule has 2 aliphatic rings. The molecule has 0 bridgehead atoms. The molecule has 2 rings (SSSR count). The second kappa shape index (κ2) is 4.69. The Bertz CT molecular complexity index is 361. The van der Waals surface area contributed by atoms with E-state index in [2.05, 4.69) is 19.9 Å². The highest BCUT2D eigenvalue weighted by Crippen LogP contribution is 2.56. The zero-order valence-corrected chi connectivity index (χ0v) is 11.6. The van der Waals surface area contributed by atoms with Crippen LogP contribution >= 0.6 is 0 Å². The number of carbonyl (C=O) groups is 1. The monoisotopic (exact) mass is 252 g/mol. The summed E-state index contributed by atoms with van der Waals surface area (Å²) in [4.78, 5) is 11.5. The van der Waals surface area contributed by atoms with E-state index in [0.717, 1.165) is 32.1 Å². The SMILES string of the molecule is COC(=O)[C@@H]1C=C[C@@]2(CCC[C@]2(O)C(C)C)CC1. The third-order valence-electron chi connectivity index (χ3n) is 5.05. The van der Waals surface area contributed by atoms with Crippen LogP contribution in [0.3, 0.4) is 0 Å². The number of rotatable bonds is 2. The molecule has 0 aromatic heterocycles. The lowest BCUT2D eigenvalue weighted by atomic mass is 9.63. The molecule has 1 fully saturated rings. The highest BCUT2D eigenvalue weighted by atomic mass is 16.5. The Labute approximate surface area is 109 Å². The van der Waals surface area contributed by atoms with Crippen molar-refractivity contribution < 1.29 is 14.6 Å². The molecular formula is C15H24O3. The fraction of sp³-hybridized carbons (Fsp3) is 0.800. The molecule has 3 nitrogen and oxygen atoms in total. The number of hydrogen-bond donors (Lipinski definition) is 1. The Morgan fingerprint density at radius 2 is 2.11 bits per heavy atom. The van der Waals surface area contributed by atoms with Crippen molar-refractivity contribution in [1.82, 2.24) is 0 Å².